The van der Waals surface area contributed by atoms with Gasteiger partial charge in [-0.3, -0.25) is 0 Å². The Balaban J connectivity index is -0.000000174. The summed E-state index contributed by atoms with van der Waals surface area (Å²) in [6.45, 7) is 22.8. The van der Waals surface area contributed by atoms with Crippen molar-refractivity contribution in [1.29, 1.82) is 0 Å². The second-order valence-electron chi connectivity index (χ2n) is 10.2. The van der Waals surface area contributed by atoms with Crippen LogP contribution in [0.25, 0.3) is 0 Å². The summed E-state index contributed by atoms with van der Waals surface area (Å²) in [7, 11) is 0. The lowest BCUT2D eigenvalue weighted by atomic mass is 10.2. The van der Waals surface area contributed by atoms with Crippen molar-refractivity contribution in [2.45, 2.75) is 132 Å². The maximum absolute atomic E-state index is 9.10. The van der Waals surface area contributed by atoms with Gasteiger partial charge in [0.1, 0.15) is 0 Å². The Morgan fingerprint density at radius 3 is 0.968 bits per heavy atom. The van der Waals surface area contributed by atoms with Crippen molar-refractivity contribution in [3.8, 4) is 0 Å². The van der Waals surface area contributed by atoms with E-state index in [1.807, 2.05) is 76.2 Å². The standard InChI is InChI=1S/2C8H18O2.C7H15ClO2.CH4/c2*1-5-7(9)6-10-8(2,3)4;1-7(2,3)10-5-6(9)4-8;/h2*7,9H,5-6H2,1-4H3;6,9H,4-5H2,1-3H3;1H4/t7-;;6-;/m1.0./s1. The van der Waals surface area contributed by atoms with Crippen LogP contribution in [-0.2, 0) is 14.2 Å². The molecule has 7 heteroatoms. The van der Waals surface area contributed by atoms with E-state index in [0.717, 1.165) is 12.8 Å². The Labute approximate surface area is 198 Å². The molecule has 0 aliphatic heterocycles. The van der Waals surface area contributed by atoms with Crippen LogP contribution in [0.5, 0.6) is 0 Å². The van der Waals surface area contributed by atoms with Gasteiger partial charge in [0.25, 0.3) is 0 Å². The van der Waals surface area contributed by atoms with Crippen LogP contribution in [0, 0.1) is 0 Å². The van der Waals surface area contributed by atoms with Crippen molar-refractivity contribution in [1.82, 2.24) is 0 Å². The second-order valence-corrected chi connectivity index (χ2v) is 10.5. The average Bonchev–Trinajstić information content (AvgIpc) is 2.61. The van der Waals surface area contributed by atoms with E-state index < -0.39 is 6.10 Å². The lowest BCUT2D eigenvalue weighted by Crippen LogP contribution is -2.26. The van der Waals surface area contributed by atoms with E-state index in [-0.39, 0.29) is 42.3 Å². The van der Waals surface area contributed by atoms with Crippen LogP contribution in [-0.4, -0.2) is 76.1 Å². The summed E-state index contributed by atoms with van der Waals surface area (Å²) in [6.07, 6.45) is 0.367. The molecule has 0 radical (unpaired) electrons. The molecule has 194 valence electrons. The van der Waals surface area contributed by atoms with Gasteiger partial charge < -0.3 is 29.5 Å². The summed E-state index contributed by atoms with van der Waals surface area (Å²) in [6, 6.07) is 0. The van der Waals surface area contributed by atoms with Crippen molar-refractivity contribution in [3.05, 3.63) is 0 Å². The molecule has 0 heterocycles. The lowest BCUT2D eigenvalue weighted by molar-refractivity contribution is -0.0493. The van der Waals surface area contributed by atoms with Crippen molar-refractivity contribution in [2.24, 2.45) is 0 Å². The molecule has 0 aliphatic carbocycles. The molecule has 0 aromatic carbocycles. The number of aliphatic hydroxyl groups is 3. The van der Waals surface area contributed by atoms with Crippen LogP contribution in [0.2, 0.25) is 0 Å². The molecule has 0 aliphatic rings. The third-order valence-electron chi connectivity index (χ3n) is 3.25. The molecule has 0 spiro atoms. The van der Waals surface area contributed by atoms with Gasteiger partial charge in [-0.15, -0.1) is 11.6 Å². The maximum Gasteiger partial charge on any atom is 0.0908 e. The molecule has 0 saturated carbocycles. The Morgan fingerprint density at radius 2 is 0.806 bits per heavy atom. The van der Waals surface area contributed by atoms with Crippen molar-refractivity contribution < 1.29 is 29.5 Å². The summed E-state index contributed by atoms with van der Waals surface area (Å²) < 4.78 is 15.9. The van der Waals surface area contributed by atoms with Crippen LogP contribution < -0.4 is 0 Å². The highest BCUT2D eigenvalue weighted by molar-refractivity contribution is 6.18. The van der Waals surface area contributed by atoms with Crippen LogP contribution in [0.4, 0.5) is 0 Å². The van der Waals surface area contributed by atoms with Crippen molar-refractivity contribution >= 4 is 11.6 Å². The molecule has 0 rings (SSSR count). The minimum absolute atomic E-state index is 0. The molecule has 31 heavy (non-hydrogen) atoms. The number of rotatable bonds is 9. The third-order valence-corrected chi connectivity index (χ3v) is 3.60. The first-order valence-corrected chi connectivity index (χ1v) is 11.4. The molecule has 0 amide bonds. The predicted molar refractivity (Wildman–Crippen MR) is 133 cm³/mol. The fourth-order valence-corrected chi connectivity index (χ4v) is 1.41. The summed E-state index contributed by atoms with van der Waals surface area (Å²) in [4.78, 5) is 0. The SMILES string of the molecule is C.CC(C)(C)OC[C@@H](O)CCl.CCC(O)COC(C)(C)C.CC[C@@H](O)COC(C)(C)C. The van der Waals surface area contributed by atoms with Gasteiger partial charge in [-0.1, -0.05) is 21.3 Å². The fraction of sp³-hybridized carbons (Fsp3) is 1.00. The molecule has 0 aromatic rings. The predicted octanol–water partition coefficient (Wildman–Crippen LogP) is 5.18. The van der Waals surface area contributed by atoms with Gasteiger partial charge in [-0.05, 0) is 75.2 Å². The van der Waals surface area contributed by atoms with E-state index in [9.17, 15) is 0 Å². The topological polar surface area (TPSA) is 88.4 Å². The Bertz CT molecular complexity index is 315. The van der Waals surface area contributed by atoms with E-state index in [4.69, 9.17) is 41.1 Å². The Morgan fingerprint density at radius 1 is 0.581 bits per heavy atom. The minimum Gasteiger partial charge on any atom is -0.391 e. The van der Waals surface area contributed by atoms with Gasteiger partial charge in [0.05, 0.1) is 60.8 Å². The van der Waals surface area contributed by atoms with Crippen molar-refractivity contribution in [2.75, 3.05) is 25.7 Å². The summed E-state index contributed by atoms with van der Waals surface area (Å²) in [5, 5.41) is 27.2. The molecule has 0 aromatic heterocycles. The molecule has 0 saturated heterocycles. The zero-order chi connectivity index (χ0) is 24.6. The Hall–Kier alpha value is 0.0500. The first-order chi connectivity index (χ1) is 13.4. The van der Waals surface area contributed by atoms with Gasteiger partial charge in [0, 0.05) is 0 Å². The third kappa shape index (κ3) is 40.9. The normalized spacial score (nSPS) is 14.8. The van der Waals surface area contributed by atoms with E-state index >= 15 is 0 Å². The van der Waals surface area contributed by atoms with E-state index in [0.29, 0.717) is 19.8 Å². The Kier molecular flexibility index (Phi) is 24.1. The lowest BCUT2D eigenvalue weighted by Gasteiger charge is -2.21. The van der Waals surface area contributed by atoms with Gasteiger partial charge >= 0.3 is 0 Å². The highest BCUT2D eigenvalue weighted by atomic mass is 35.5. The van der Waals surface area contributed by atoms with Crippen LogP contribution in [0.3, 0.4) is 0 Å². The van der Waals surface area contributed by atoms with Crippen LogP contribution in [0.15, 0.2) is 0 Å². The zero-order valence-electron chi connectivity index (χ0n) is 21.4. The monoisotopic (exact) mass is 474 g/mol. The van der Waals surface area contributed by atoms with E-state index in [2.05, 4.69) is 0 Å². The van der Waals surface area contributed by atoms with Gasteiger partial charge in [-0.2, -0.15) is 0 Å². The highest BCUT2D eigenvalue weighted by Gasteiger charge is 2.13. The van der Waals surface area contributed by atoms with Crippen LogP contribution in [0.1, 0.15) is 96.4 Å². The van der Waals surface area contributed by atoms with E-state index in [1.165, 1.54) is 0 Å². The summed E-state index contributed by atoms with van der Waals surface area (Å²) in [5.74, 6) is 0.232. The summed E-state index contributed by atoms with van der Waals surface area (Å²) in [5.41, 5.74) is -0.445. The number of ether oxygens (including phenoxy) is 3. The average molecular weight is 475 g/mol. The molecule has 6 nitrogen and oxygen atoms in total. The van der Waals surface area contributed by atoms with E-state index in [1.54, 1.807) is 0 Å². The molecule has 3 atom stereocenters. The fourth-order valence-electron chi connectivity index (χ4n) is 1.32. The maximum atomic E-state index is 9.10. The summed E-state index contributed by atoms with van der Waals surface area (Å²) >= 11 is 5.35. The van der Waals surface area contributed by atoms with Gasteiger partial charge in [0.15, 0.2) is 0 Å². The smallest absolute Gasteiger partial charge is 0.0908 e. The number of hydrogen-bond donors (Lipinski definition) is 3. The molecule has 3 N–H and O–H groups in total. The number of aliphatic hydroxyl groups excluding tert-OH is 3. The molecular weight excluding hydrogens is 420 g/mol. The number of alkyl halides is 1. The largest absolute Gasteiger partial charge is 0.391 e. The number of halogens is 1. The first kappa shape index (κ1) is 38.3. The van der Waals surface area contributed by atoms with Gasteiger partial charge in [-0.25, -0.2) is 0 Å². The minimum atomic E-state index is -0.541. The first-order valence-electron chi connectivity index (χ1n) is 10.9. The van der Waals surface area contributed by atoms with Crippen molar-refractivity contribution in [3.63, 3.8) is 0 Å². The van der Waals surface area contributed by atoms with Gasteiger partial charge in [0.2, 0.25) is 0 Å². The molecular formula is C24H55ClO6. The quantitative estimate of drug-likeness (QED) is 0.399. The number of hydrogen-bond acceptors (Lipinski definition) is 6. The molecule has 0 fully saturated rings. The zero-order valence-corrected chi connectivity index (χ0v) is 22.2. The molecule has 1 unspecified atom stereocenters. The van der Waals surface area contributed by atoms with Crippen LogP contribution >= 0.6 is 11.6 Å². The second kappa shape index (κ2) is 19.5. The molecule has 0 bridgehead atoms. The highest BCUT2D eigenvalue weighted by Crippen LogP contribution is 2.09.